The highest BCUT2D eigenvalue weighted by molar-refractivity contribution is 5.72. The maximum Gasteiger partial charge on any atom is 0.216 e. The number of benzene rings is 1. The third-order valence-electron chi connectivity index (χ3n) is 2.36. The highest BCUT2D eigenvalue weighted by atomic mass is 16.3. The molecule has 0 aliphatic heterocycles. The Morgan fingerprint density at radius 1 is 1.47 bits per heavy atom. The van der Waals surface area contributed by atoms with Crippen molar-refractivity contribution in [1.82, 2.24) is 5.32 Å². The van der Waals surface area contributed by atoms with Crippen LogP contribution in [0.3, 0.4) is 0 Å². The zero-order valence-corrected chi connectivity index (χ0v) is 9.55. The van der Waals surface area contributed by atoms with E-state index in [1.165, 1.54) is 6.92 Å². The van der Waals surface area contributed by atoms with Crippen molar-refractivity contribution in [2.45, 2.75) is 19.1 Å². The van der Waals surface area contributed by atoms with E-state index in [1.54, 1.807) is 24.3 Å². The molecule has 4 nitrogen and oxygen atoms in total. The van der Waals surface area contributed by atoms with Gasteiger partial charge >= 0.3 is 0 Å². The summed E-state index contributed by atoms with van der Waals surface area (Å²) in [6.07, 6.45) is 3.09. The number of aliphatic hydroxyl groups is 2. The first kappa shape index (κ1) is 13.2. The van der Waals surface area contributed by atoms with Crippen LogP contribution < -0.4 is 5.32 Å². The molecule has 1 amide bonds. The van der Waals surface area contributed by atoms with Gasteiger partial charge in [-0.1, -0.05) is 24.1 Å². The van der Waals surface area contributed by atoms with Gasteiger partial charge in [-0.3, -0.25) is 4.79 Å². The van der Waals surface area contributed by atoms with Crippen molar-refractivity contribution in [3.05, 3.63) is 35.4 Å². The van der Waals surface area contributed by atoms with Gasteiger partial charge in [-0.25, -0.2) is 0 Å². The molecular formula is C13H15NO3. The predicted molar refractivity (Wildman–Crippen MR) is 64.0 cm³/mol. The van der Waals surface area contributed by atoms with Gasteiger partial charge in [0.05, 0.1) is 0 Å². The van der Waals surface area contributed by atoms with E-state index < -0.39 is 12.2 Å². The maximum absolute atomic E-state index is 10.7. The number of carbonyl (C=O) groups is 1. The summed E-state index contributed by atoms with van der Waals surface area (Å²) in [5.41, 5.74) is 1.01. The van der Waals surface area contributed by atoms with Gasteiger partial charge in [0, 0.05) is 19.0 Å². The van der Waals surface area contributed by atoms with Crippen LogP contribution in [-0.2, 0) is 4.79 Å². The second-order valence-electron chi connectivity index (χ2n) is 3.68. The number of carbonyl (C=O) groups excluding carboxylic acids is 1. The summed E-state index contributed by atoms with van der Waals surface area (Å²) in [7, 11) is 0. The van der Waals surface area contributed by atoms with Crippen molar-refractivity contribution in [1.29, 1.82) is 0 Å². The number of rotatable bonds is 4. The standard InChI is InChI=1S/C13H15NO3/c1-3-10-6-4-5-7-11(10)13(17)12(16)8-14-9(2)15/h1,4-7,12-13,16-17H,8H2,2H3,(H,14,15). The maximum atomic E-state index is 10.7. The van der Waals surface area contributed by atoms with Crippen LogP contribution in [0.1, 0.15) is 24.2 Å². The van der Waals surface area contributed by atoms with E-state index in [-0.39, 0.29) is 12.5 Å². The SMILES string of the molecule is C#Cc1ccccc1C(O)C(O)CNC(C)=O. The molecule has 0 spiro atoms. The molecule has 0 aliphatic carbocycles. The van der Waals surface area contributed by atoms with Gasteiger partial charge in [-0.15, -0.1) is 6.42 Å². The highest BCUT2D eigenvalue weighted by Crippen LogP contribution is 2.20. The van der Waals surface area contributed by atoms with E-state index in [4.69, 9.17) is 6.42 Å². The Morgan fingerprint density at radius 3 is 2.71 bits per heavy atom. The summed E-state index contributed by atoms with van der Waals surface area (Å²) in [6, 6.07) is 6.82. The van der Waals surface area contributed by atoms with Crippen LogP contribution in [0.5, 0.6) is 0 Å². The number of hydrogen-bond acceptors (Lipinski definition) is 3. The number of hydrogen-bond donors (Lipinski definition) is 3. The molecule has 0 aromatic heterocycles. The van der Waals surface area contributed by atoms with Gasteiger partial charge in [0.2, 0.25) is 5.91 Å². The Kier molecular flexibility index (Phi) is 4.70. The van der Waals surface area contributed by atoms with E-state index in [0.29, 0.717) is 11.1 Å². The number of aliphatic hydroxyl groups excluding tert-OH is 2. The quantitative estimate of drug-likeness (QED) is 0.651. The molecule has 0 aliphatic rings. The minimum absolute atomic E-state index is 0.0184. The van der Waals surface area contributed by atoms with E-state index >= 15 is 0 Å². The lowest BCUT2D eigenvalue weighted by atomic mass is 9.99. The normalized spacial score (nSPS) is 13.5. The van der Waals surface area contributed by atoms with E-state index in [0.717, 1.165) is 0 Å². The van der Waals surface area contributed by atoms with Crippen molar-refractivity contribution < 1.29 is 15.0 Å². The smallest absolute Gasteiger partial charge is 0.216 e. The van der Waals surface area contributed by atoms with Crippen molar-refractivity contribution in [2.75, 3.05) is 6.54 Å². The van der Waals surface area contributed by atoms with E-state index in [1.807, 2.05) is 0 Å². The van der Waals surface area contributed by atoms with Crippen molar-refractivity contribution >= 4 is 5.91 Å². The predicted octanol–water partition coefficient (Wildman–Crippen LogP) is 0.198. The molecule has 1 rings (SSSR count). The Hall–Kier alpha value is -1.83. The third-order valence-corrected chi connectivity index (χ3v) is 2.36. The van der Waals surface area contributed by atoms with Crippen molar-refractivity contribution in [3.8, 4) is 12.3 Å². The summed E-state index contributed by atoms with van der Waals surface area (Å²) in [6.45, 7) is 1.32. The monoisotopic (exact) mass is 233 g/mol. The van der Waals surface area contributed by atoms with Gasteiger partial charge < -0.3 is 15.5 Å². The lowest BCUT2D eigenvalue weighted by Crippen LogP contribution is -2.34. The van der Waals surface area contributed by atoms with Gasteiger partial charge in [0.1, 0.15) is 12.2 Å². The molecule has 17 heavy (non-hydrogen) atoms. The molecular weight excluding hydrogens is 218 g/mol. The Labute approximate surface area is 100 Å². The average Bonchev–Trinajstić information content (AvgIpc) is 2.34. The van der Waals surface area contributed by atoms with Gasteiger partial charge in [-0.05, 0) is 11.6 Å². The molecule has 0 heterocycles. The minimum Gasteiger partial charge on any atom is -0.388 e. The van der Waals surface area contributed by atoms with E-state index in [9.17, 15) is 15.0 Å². The fraction of sp³-hybridized carbons (Fsp3) is 0.308. The number of terminal acetylenes is 1. The summed E-state index contributed by atoms with van der Waals surface area (Å²) in [5.74, 6) is 2.18. The van der Waals surface area contributed by atoms with Crippen molar-refractivity contribution in [2.24, 2.45) is 0 Å². The molecule has 1 aromatic carbocycles. The van der Waals surface area contributed by atoms with Crippen molar-refractivity contribution in [3.63, 3.8) is 0 Å². The van der Waals surface area contributed by atoms with Crippen LogP contribution in [0.4, 0.5) is 0 Å². The molecule has 2 atom stereocenters. The summed E-state index contributed by atoms with van der Waals surface area (Å²) in [5, 5.41) is 22.1. The number of nitrogens with one attached hydrogen (secondary N) is 1. The second kappa shape index (κ2) is 6.04. The summed E-state index contributed by atoms with van der Waals surface area (Å²) < 4.78 is 0. The summed E-state index contributed by atoms with van der Waals surface area (Å²) in [4.78, 5) is 10.7. The third kappa shape index (κ3) is 3.59. The highest BCUT2D eigenvalue weighted by Gasteiger charge is 2.20. The zero-order valence-electron chi connectivity index (χ0n) is 9.55. The lowest BCUT2D eigenvalue weighted by Gasteiger charge is -2.19. The minimum atomic E-state index is -1.12. The van der Waals surface area contributed by atoms with Crippen LogP contribution in [0.25, 0.3) is 0 Å². The topological polar surface area (TPSA) is 69.6 Å². The Balaban J connectivity index is 2.78. The van der Waals surface area contributed by atoms with E-state index in [2.05, 4.69) is 11.2 Å². The van der Waals surface area contributed by atoms with Crippen LogP contribution in [0, 0.1) is 12.3 Å². The second-order valence-corrected chi connectivity index (χ2v) is 3.68. The molecule has 1 aromatic rings. The molecule has 90 valence electrons. The Morgan fingerprint density at radius 2 is 2.12 bits per heavy atom. The summed E-state index contributed by atoms with van der Waals surface area (Å²) >= 11 is 0. The molecule has 0 saturated carbocycles. The van der Waals surface area contributed by atoms with Crippen LogP contribution in [0.2, 0.25) is 0 Å². The lowest BCUT2D eigenvalue weighted by molar-refractivity contribution is -0.119. The largest absolute Gasteiger partial charge is 0.388 e. The molecule has 0 radical (unpaired) electrons. The molecule has 0 saturated heterocycles. The first-order valence-corrected chi connectivity index (χ1v) is 5.22. The average molecular weight is 233 g/mol. The Bertz CT molecular complexity index is 437. The van der Waals surface area contributed by atoms with Gasteiger partial charge in [-0.2, -0.15) is 0 Å². The molecule has 4 heteroatoms. The zero-order chi connectivity index (χ0) is 12.8. The molecule has 0 fully saturated rings. The first-order chi connectivity index (χ1) is 8.06. The fourth-order valence-electron chi connectivity index (χ4n) is 1.45. The van der Waals surface area contributed by atoms with Gasteiger partial charge in [0.15, 0.2) is 0 Å². The van der Waals surface area contributed by atoms with Gasteiger partial charge in [0.25, 0.3) is 0 Å². The van der Waals surface area contributed by atoms with Crippen LogP contribution >= 0.6 is 0 Å². The van der Waals surface area contributed by atoms with Crippen LogP contribution in [0.15, 0.2) is 24.3 Å². The first-order valence-electron chi connectivity index (χ1n) is 5.22. The molecule has 2 unspecified atom stereocenters. The fourth-order valence-corrected chi connectivity index (χ4v) is 1.45. The number of amides is 1. The van der Waals surface area contributed by atoms with Crippen LogP contribution in [-0.4, -0.2) is 28.8 Å². The molecule has 0 bridgehead atoms. The molecule has 3 N–H and O–H groups in total.